The molecule has 1 atom stereocenters. The summed E-state index contributed by atoms with van der Waals surface area (Å²) in [6.07, 6.45) is -0.244. The number of ether oxygens (including phenoxy) is 2. The molecule has 0 bridgehead atoms. The van der Waals surface area contributed by atoms with E-state index in [1.165, 1.54) is 0 Å². The lowest BCUT2D eigenvalue weighted by atomic mass is 9.85. The fourth-order valence-electron chi connectivity index (χ4n) is 3.89. The predicted octanol–water partition coefficient (Wildman–Crippen LogP) is 4.30. The van der Waals surface area contributed by atoms with E-state index in [0.717, 1.165) is 22.4 Å². The van der Waals surface area contributed by atoms with Gasteiger partial charge in [0.05, 0.1) is 25.8 Å². The maximum atomic E-state index is 12.8. The largest absolute Gasteiger partial charge is 0.497 e. The van der Waals surface area contributed by atoms with Gasteiger partial charge in [-0.15, -0.1) is 0 Å². The van der Waals surface area contributed by atoms with E-state index in [0.29, 0.717) is 24.5 Å². The van der Waals surface area contributed by atoms with E-state index in [4.69, 9.17) is 14.3 Å². The first-order chi connectivity index (χ1) is 15.7. The van der Waals surface area contributed by atoms with Crippen LogP contribution < -0.4 is 14.8 Å². The maximum Gasteiger partial charge on any atom is 0.264 e. The molecular formula is C26H26N2O4. The van der Waals surface area contributed by atoms with Gasteiger partial charge in [-0.25, -0.2) is 0 Å². The molecule has 3 aromatic rings. The molecule has 6 heteroatoms. The molecule has 1 heterocycles. The molecule has 0 fully saturated rings. The van der Waals surface area contributed by atoms with Crippen molar-refractivity contribution >= 4 is 11.6 Å². The summed E-state index contributed by atoms with van der Waals surface area (Å²) in [5.74, 6) is 1.11. The van der Waals surface area contributed by atoms with Crippen molar-refractivity contribution in [3.63, 3.8) is 0 Å². The molecule has 6 nitrogen and oxygen atoms in total. The second-order valence-corrected chi connectivity index (χ2v) is 7.53. The highest BCUT2D eigenvalue weighted by Crippen LogP contribution is 2.31. The normalized spacial score (nSPS) is 15.1. The number of rotatable bonds is 8. The van der Waals surface area contributed by atoms with Crippen LogP contribution in [0.3, 0.4) is 0 Å². The zero-order valence-corrected chi connectivity index (χ0v) is 18.2. The molecule has 0 spiro atoms. The van der Waals surface area contributed by atoms with Crippen molar-refractivity contribution in [1.82, 2.24) is 5.32 Å². The van der Waals surface area contributed by atoms with Crippen molar-refractivity contribution in [3.8, 4) is 11.5 Å². The van der Waals surface area contributed by atoms with Crippen LogP contribution in [0.4, 0.5) is 0 Å². The Labute approximate surface area is 187 Å². The maximum absolute atomic E-state index is 12.8. The van der Waals surface area contributed by atoms with Gasteiger partial charge < -0.3 is 19.6 Å². The molecule has 1 amide bonds. The fraction of sp³-hybridized carbons (Fsp3) is 0.231. The van der Waals surface area contributed by atoms with Crippen LogP contribution in [0.15, 0.2) is 84.0 Å². The van der Waals surface area contributed by atoms with Crippen molar-refractivity contribution in [3.05, 3.63) is 95.6 Å². The van der Waals surface area contributed by atoms with Crippen LogP contribution in [0.5, 0.6) is 11.5 Å². The number of hydrogen-bond donors (Lipinski definition) is 1. The third-order valence-corrected chi connectivity index (χ3v) is 5.52. The lowest BCUT2D eigenvalue weighted by molar-refractivity contribution is -0.131. The van der Waals surface area contributed by atoms with E-state index in [9.17, 15) is 4.79 Å². The van der Waals surface area contributed by atoms with Crippen LogP contribution in [0, 0.1) is 0 Å². The van der Waals surface area contributed by atoms with Gasteiger partial charge in [-0.3, -0.25) is 4.79 Å². The van der Waals surface area contributed by atoms with Crippen LogP contribution >= 0.6 is 0 Å². The first kappa shape index (κ1) is 21.4. The first-order valence-electron chi connectivity index (χ1n) is 10.5. The Kier molecular flexibility index (Phi) is 6.70. The van der Waals surface area contributed by atoms with E-state index in [2.05, 4.69) is 34.7 Å². The average molecular weight is 431 g/mol. The number of carbonyl (C=O) groups excluding carboxylic acids is 1. The first-order valence-corrected chi connectivity index (χ1v) is 10.5. The van der Waals surface area contributed by atoms with Crippen molar-refractivity contribution in [1.29, 1.82) is 0 Å². The van der Waals surface area contributed by atoms with E-state index >= 15 is 0 Å². The monoisotopic (exact) mass is 430 g/mol. The molecule has 32 heavy (non-hydrogen) atoms. The van der Waals surface area contributed by atoms with Crippen molar-refractivity contribution < 1.29 is 19.1 Å². The van der Waals surface area contributed by atoms with Crippen molar-refractivity contribution in [2.75, 3.05) is 14.2 Å². The fourth-order valence-corrected chi connectivity index (χ4v) is 3.89. The summed E-state index contributed by atoms with van der Waals surface area (Å²) in [4.78, 5) is 18.4. The molecule has 0 saturated heterocycles. The Hall–Kier alpha value is -3.80. The molecule has 3 aromatic carbocycles. The van der Waals surface area contributed by atoms with Crippen molar-refractivity contribution in [2.24, 2.45) is 5.16 Å². The quantitative estimate of drug-likeness (QED) is 0.579. The Morgan fingerprint density at radius 1 is 1.00 bits per heavy atom. The van der Waals surface area contributed by atoms with Gasteiger partial charge in [0.25, 0.3) is 5.91 Å². The summed E-state index contributed by atoms with van der Waals surface area (Å²) in [6, 6.07) is 25.8. The molecule has 0 aromatic heterocycles. The molecule has 1 aliphatic rings. The summed E-state index contributed by atoms with van der Waals surface area (Å²) in [5.41, 5.74) is 3.89. The predicted molar refractivity (Wildman–Crippen MR) is 123 cm³/mol. The summed E-state index contributed by atoms with van der Waals surface area (Å²) >= 11 is 0. The number of methoxy groups -OCH3 is 2. The Morgan fingerprint density at radius 3 is 2.25 bits per heavy atom. The van der Waals surface area contributed by atoms with Gasteiger partial charge in [0.15, 0.2) is 0 Å². The minimum absolute atomic E-state index is 0.0614. The lowest BCUT2D eigenvalue weighted by Crippen LogP contribution is -2.34. The SMILES string of the molecule is COc1ccc(OC)c(CNC(=O)[C@@H]2CC(C(c3ccccc3)c3ccccc3)=NO2)c1. The number of carbonyl (C=O) groups is 1. The lowest BCUT2D eigenvalue weighted by Gasteiger charge is -2.17. The number of amides is 1. The summed E-state index contributed by atoms with van der Waals surface area (Å²) < 4.78 is 10.7. The molecule has 0 unspecified atom stereocenters. The number of nitrogens with zero attached hydrogens (tertiary/aromatic N) is 1. The molecular weight excluding hydrogens is 404 g/mol. The zero-order chi connectivity index (χ0) is 22.3. The van der Waals surface area contributed by atoms with Gasteiger partial charge in [0.1, 0.15) is 11.5 Å². The minimum Gasteiger partial charge on any atom is -0.497 e. The topological polar surface area (TPSA) is 69.2 Å². The van der Waals surface area contributed by atoms with E-state index < -0.39 is 6.10 Å². The Bertz CT molecular complexity index is 1040. The standard InChI is InChI=1S/C26H26N2O4/c1-30-21-13-14-23(31-2)20(15-21)17-27-26(29)24-16-22(28-32-24)25(18-9-5-3-6-10-18)19-11-7-4-8-12-19/h3-15,24-25H,16-17H2,1-2H3,(H,27,29)/t24-/m0/s1. The minimum atomic E-state index is -0.670. The Balaban J connectivity index is 1.45. The molecule has 0 aliphatic carbocycles. The van der Waals surface area contributed by atoms with Crippen LogP contribution in [0.1, 0.15) is 29.0 Å². The zero-order valence-electron chi connectivity index (χ0n) is 18.2. The number of nitrogens with one attached hydrogen (secondary N) is 1. The number of oxime groups is 1. The third-order valence-electron chi connectivity index (χ3n) is 5.52. The van der Waals surface area contributed by atoms with Crippen LogP contribution in [-0.4, -0.2) is 31.9 Å². The summed E-state index contributed by atoms with van der Waals surface area (Å²) in [7, 11) is 3.20. The van der Waals surface area contributed by atoms with Crippen LogP contribution in [0.25, 0.3) is 0 Å². The number of benzene rings is 3. The second-order valence-electron chi connectivity index (χ2n) is 7.53. The Morgan fingerprint density at radius 2 is 1.66 bits per heavy atom. The van der Waals surface area contributed by atoms with Gasteiger partial charge in [0, 0.05) is 18.5 Å². The molecule has 0 saturated carbocycles. The average Bonchev–Trinajstić information content (AvgIpc) is 3.33. The van der Waals surface area contributed by atoms with E-state index in [1.807, 2.05) is 54.6 Å². The van der Waals surface area contributed by atoms with E-state index in [1.54, 1.807) is 14.2 Å². The molecule has 4 rings (SSSR count). The molecule has 164 valence electrons. The molecule has 0 radical (unpaired) electrons. The van der Waals surface area contributed by atoms with Gasteiger partial charge >= 0.3 is 0 Å². The van der Waals surface area contributed by atoms with Gasteiger partial charge in [-0.05, 0) is 29.3 Å². The highest BCUT2D eigenvalue weighted by Gasteiger charge is 2.33. The second kappa shape index (κ2) is 10.0. The highest BCUT2D eigenvalue weighted by atomic mass is 16.6. The van der Waals surface area contributed by atoms with E-state index in [-0.39, 0.29) is 11.8 Å². The summed E-state index contributed by atoms with van der Waals surface area (Å²) in [6.45, 7) is 0.301. The number of hydrogen-bond acceptors (Lipinski definition) is 5. The van der Waals surface area contributed by atoms with Crippen molar-refractivity contribution in [2.45, 2.75) is 25.0 Å². The van der Waals surface area contributed by atoms with Crippen LogP contribution in [0.2, 0.25) is 0 Å². The smallest absolute Gasteiger partial charge is 0.264 e. The molecule has 1 aliphatic heterocycles. The third kappa shape index (κ3) is 4.75. The summed E-state index contributed by atoms with van der Waals surface area (Å²) in [5, 5.41) is 7.25. The van der Waals surface area contributed by atoms with Gasteiger partial charge in [0.2, 0.25) is 6.10 Å². The molecule has 1 N–H and O–H groups in total. The van der Waals surface area contributed by atoms with Gasteiger partial charge in [-0.1, -0.05) is 65.8 Å². The van der Waals surface area contributed by atoms with Crippen LogP contribution in [-0.2, 0) is 16.2 Å². The van der Waals surface area contributed by atoms with Gasteiger partial charge in [-0.2, -0.15) is 0 Å². The highest BCUT2D eigenvalue weighted by molar-refractivity contribution is 5.98.